The van der Waals surface area contributed by atoms with Crippen LogP contribution in [0.3, 0.4) is 0 Å². The van der Waals surface area contributed by atoms with Crippen LogP contribution in [0.25, 0.3) is 0 Å². The van der Waals surface area contributed by atoms with Crippen molar-refractivity contribution in [1.29, 1.82) is 0 Å². The molecule has 1 heterocycles. The van der Waals surface area contributed by atoms with E-state index in [2.05, 4.69) is 4.98 Å². The summed E-state index contributed by atoms with van der Waals surface area (Å²) in [5, 5.41) is 0.568. The van der Waals surface area contributed by atoms with Crippen LogP contribution in [0.1, 0.15) is 21.6 Å². The number of anilines is 1. The number of hydrogen-bond acceptors (Lipinski definition) is 5. The summed E-state index contributed by atoms with van der Waals surface area (Å²) in [7, 11) is 0. The minimum Gasteiger partial charge on any atom is -0.375 e. The zero-order valence-corrected chi connectivity index (χ0v) is 11.5. The number of thiazole rings is 1. The smallest absolute Gasteiger partial charge is 0.249 e. The summed E-state index contributed by atoms with van der Waals surface area (Å²) in [4.78, 5) is 15.5. The number of rotatable bonds is 4. The molecule has 6 heteroatoms. The maximum atomic E-state index is 11.3. The third-order valence-corrected chi connectivity index (χ3v) is 4.81. The molecule has 0 saturated carbocycles. The Morgan fingerprint density at radius 2 is 2.17 bits per heavy atom. The molecule has 0 aliphatic carbocycles. The number of nitrogens with two attached hydrogens (primary N) is 2. The average molecular weight is 279 g/mol. The lowest BCUT2D eigenvalue weighted by Crippen LogP contribution is -2.13. The van der Waals surface area contributed by atoms with Gasteiger partial charge in [-0.15, -0.1) is 11.8 Å². The van der Waals surface area contributed by atoms with Gasteiger partial charge in [0.1, 0.15) is 0 Å². The summed E-state index contributed by atoms with van der Waals surface area (Å²) < 4.78 is 1.08. The lowest BCUT2D eigenvalue weighted by molar-refractivity contribution is 0.0999. The number of amides is 1. The summed E-state index contributed by atoms with van der Waals surface area (Å²) in [6, 6.07) is 7.36. The highest BCUT2D eigenvalue weighted by Gasteiger charge is 2.10. The Bertz CT molecular complexity index is 580. The van der Waals surface area contributed by atoms with E-state index in [1.165, 1.54) is 11.3 Å². The SMILES string of the molecule is Cc1nc(N)sc1SCc1ccccc1C(N)=O. The fourth-order valence-electron chi connectivity index (χ4n) is 1.57. The maximum absolute atomic E-state index is 11.3. The molecule has 4 nitrogen and oxygen atoms in total. The Hall–Kier alpha value is -1.53. The van der Waals surface area contributed by atoms with Gasteiger partial charge < -0.3 is 11.5 Å². The molecule has 2 aromatic rings. The number of benzene rings is 1. The Balaban J connectivity index is 2.15. The maximum Gasteiger partial charge on any atom is 0.249 e. The number of nitrogen functional groups attached to an aromatic ring is 1. The number of hydrogen-bond donors (Lipinski definition) is 2. The van der Waals surface area contributed by atoms with E-state index >= 15 is 0 Å². The number of aromatic nitrogens is 1. The average Bonchev–Trinajstić information content (AvgIpc) is 2.65. The van der Waals surface area contributed by atoms with Crippen molar-refractivity contribution < 1.29 is 4.79 Å². The van der Waals surface area contributed by atoms with E-state index in [4.69, 9.17) is 11.5 Å². The first-order valence-electron chi connectivity index (χ1n) is 5.31. The third kappa shape index (κ3) is 2.83. The van der Waals surface area contributed by atoms with Crippen molar-refractivity contribution in [3.63, 3.8) is 0 Å². The first kappa shape index (κ1) is 12.9. The predicted octanol–water partition coefficient (Wildman–Crippen LogP) is 2.42. The van der Waals surface area contributed by atoms with Crippen LogP contribution in [0, 0.1) is 6.92 Å². The molecule has 0 bridgehead atoms. The Morgan fingerprint density at radius 3 is 2.78 bits per heavy atom. The second-order valence-corrected chi connectivity index (χ2v) is 6.01. The second-order valence-electron chi connectivity index (χ2n) is 3.74. The lowest BCUT2D eigenvalue weighted by Gasteiger charge is -2.05. The van der Waals surface area contributed by atoms with Gasteiger partial charge in [-0.1, -0.05) is 29.5 Å². The number of carbonyl (C=O) groups is 1. The number of carbonyl (C=O) groups excluding carboxylic acids is 1. The van der Waals surface area contributed by atoms with Gasteiger partial charge in [-0.25, -0.2) is 4.98 Å². The Morgan fingerprint density at radius 1 is 1.44 bits per heavy atom. The van der Waals surface area contributed by atoms with E-state index < -0.39 is 5.91 Å². The normalized spacial score (nSPS) is 10.5. The topological polar surface area (TPSA) is 82.0 Å². The van der Waals surface area contributed by atoms with Crippen LogP contribution in [-0.2, 0) is 5.75 Å². The van der Waals surface area contributed by atoms with Crippen LogP contribution in [0.5, 0.6) is 0 Å². The second kappa shape index (κ2) is 5.41. The molecule has 0 radical (unpaired) electrons. The highest BCUT2D eigenvalue weighted by atomic mass is 32.2. The first-order valence-corrected chi connectivity index (χ1v) is 7.11. The lowest BCUT2D eigenvalue weighted by atomic mass is 10.1. The van der Waals surface area contributed by atoms with Crippen molar-refractivity contribution in [2.24, 2.45) is 5.73 Å². The molecule has 0 aliphatic heterocycles. The minimum absolute atomic E-state index is 0.397. The van der Waals surface area contributed by atoms with Crippen LogP contribution in [0.15, 0.2) is 28.5 Å². The van der Waals surface area contributed by atoms with E-state index in [9.17, 15) is 4.79 Å². The van der Waals surface area contributed by atoms with Gasteiger partial charge in [0.05, 0.1) is 9.90 Å². The standard InChI is InChI=1S/C12H13N3OS2/c1-7-11(18-12(14)15-7)17-6-8-4-2-3-5-9(8)10(13)16/h2-5H,6H2,1H3,(H2,13,16)(H2,14,15). The van der Waals surface area contributed by atoms with Crippen LogP contribution in [0.4, 0.5) is 5.13 Å². The highest BCUT2D eigenvalue weighted by Crippen LogP contribution is 2.33. The molecule has 0 unspecified atom stereocenters. The fourth-order valence-corrected chi connectivity index (χ4v) is 3.59. The molecular weight excluding hydrogens is 266 g/mol. The summed E-state index contributed by atoms with van der Waals surface area (Å²) in [6.45, 7) is 1.93. The van der Waals surface area contributed by atoms with Gasteiger partial charge in [0.15, 0.2) is 5.13 Å². The van der Waals surface area contributed by atoms with Crippen LogP contribution in [-0.4, -0.2) is 10.9 Å². The molecule has 94 valence electrons. The largest absolute Gasteiger partial charge is 0.375 e. The molecule has 0 fully saturated rings. The van der Waals surface area contributed by atoms with Crippen molar-refractivity contribution in [3.05, 3.63) is 41.1 Å². The van der Waals surface area contributed by atoms with Gasteiger partial charge in [-0.05, 0) is 18.6 Å². The molecule has 0 saturated heterocycles. The summed E-state index contributed by atoms with van der Waals surface area (Å²) in [5.74, 6) is 0.286. The molecule has 1 amide bonds. The first-order chi connectivity index (χ1) is 8.58. The molecule has 0 spiro atoms. The number of aryl methyl sites for hydroxylation is 1. The van der Waals surface area contributed by atoms with Gasteiger partial charge in [-0.3, -0.25) is 4.79 Å². The van der Waals surface area contributed by atoms with Gasteiger partial charge in [0, 0.05) is 11.3 Å². The van der Waals surface area contributed by atoms with Gasteiger partial charge in [-0.2, -0.15) is 0 Å². The van der Waals surface area contributed by atoms with Crippen LogP contribution < -0.4 is 11.5 Å². The third-order valence-electron chi connectivity index (χ3n) is 2.41. The van der Waals surface area contributed by atoms with E-state index in [0.717, 1.165) is 15.5 Å². The fraction of sp³-hybridized carbons (Fsp3) is 0.167. The summed E-state index contributed by atoms with van der Waals surface area (Å²) in [6.07, 6.45) is 0. The van der Waals surface area contributed by atoms with E-state index in [0.29, 0.717) is 16.4 Å². The molecule has 18 heavy (non-hydrogen) atoms. The van der Waals surface area contributed by atoms with Gasteiger partial charge in [0.25, 0.3) is 0 Å². The van der Waals surface area contributed by atoms with Gasteiger partial charge in [0.2, 0.25) is 5.91 Å². The molecule has 1 aromatic carbocycles. The predicted molar refractivity (Wildman–Crippen MR) is 75.8 cm³/mol. The molecular formula is C12H13N3OS2. The van der Waals surface area contributed by atoms with Crippen molar-refractivity contribution >= 4 is 34.1 Å². The summed E-state index contributed by atoms with van der Waals surface area (Å²) >= 11 is 3.08. The molecule has 4 N–H and O–H groups in total. The van der Waals surface area contributed by atoms with Crippen LogP contribution >= 0.6 is 23.1 Å². The quantitative estimate of drug-likeness (QED) is 0.842. The molecule has 1 aromatic heterocycles. The number of nitrogens with zero attached hydrogens (tertiary/aromatic N) is 1. The van der Waals surface area contributed by atoms with E-state index in [1.54, 1.807) is 17.8 Å². The van der Waals surface area contributed by atoms with E-state index in [1.807, 2.05) is 25.1 Å². The van der Waals surface area contributed by atoms with Crippen molar-refractivity contribution in [3.8, 4) is 0 Å². The number of thioether (sulfide) groups is 1. The van der Waals surface area contributed by atoms with Gasteiger partial charge >= 0.3 is 0 Å². The molecule has 0 atom stereocenters. The van der Waals surface area contributed by atoms with Crippen LogP contribution in [0.2, 0.25) is 0 Å². The van der Waals surface area contributed by atoms with Crippen molar-refractivity contribution in [2.45, 2.75) is 16.9 Å². The molecule has 2 rings (SSSR count). The van der Waals surface area contributed by atoms with Crippen molar-refractivity contribution in [1.82, 2.24) is 4.98 Å². The minimum atomic E-state index is -0.397. The zero-order valence-electron chi connectivity index (χ0n) is 9.84. The number of primary amides is 1. The van der Waals surface area contributed by atoms with E-state index in [-0.39, 0.29) is 0 Å². The monoisotopic (exact) mass is 279 g/mol. The Kier molecular flexibility index (Phi) is 3.88. The summed E-state index contributed by atoms with van der Waals surface area (Å²) in [5.41, 5.74) is 13.4. The van der Waals surface area contributed by atoms with Crippen molar-refractivity contribution in [2.75, 3.05) is 5.73 Å². The Labute approximate surface area is 113 Å². The molecule has 0 aliphatic rings. The highest BCUT2D eigenvalue weighted by molar-refractivity contribution is 8.00. The zero-order chi connectivity index (χ0) is 13.1.